The molecule has 1 aliphatic heterocycles. The van der Waals surface area contributed by atoms with Crippen molar-refractivity contribution in [3.05, 3.63) is 28.7 Å². The molecular weight excluding hydrogens is 286 g/mol. The molecule has 1 aromatic carbocycles. The first-order valence-corrected chi connectivity index (χ1v) is 7.34. The van der Waals surface area contributed by atoms with Crippen LogP contribution >= 0.6 is 27.7 Å². The maximum absolute atomic E-state index is 11.9. The molecule has 0 radical (unpaired) electrons. The van der Waals surface area contributed by atoms with E-state index in [0.717, 1.165) is 28.8 Å². The second kappa shape index (κ2) is 5.73. The molecule has 1 aromatic rings. The molecule has 1 aliphatic rings. The number of anilines is 1. The maximum atomic E-state index is 11.9. The van der Waals surface area contributed by atoms with E-state index in [1.807, 2.05) is 36.0 Å². The van der Waals surface area contributed by atoms with Gasteiger partial charge in [0.05, 0.1) is 0 Å². The highest BCUT2D eigenvalue weighted by molar-refractivity contribution is 9.10. The van der Waals surface area contributed by atoms with Gasteiger partial charge in [0, 0.05) is 21.8 Å². The predicted octanol–water partition coefficient (Wildman–Crippen LogP) is 3.53. The highest BCUT2D eigenvalue weighted by atomic mass is 79.9. The van der Waals surface area contributed by atoms with E-state index in [1.54, 1.807) is 0 Å². The summed E-state index contributed by atoms with van der Waals surface area (Å²) in [5.74, 6) is 2.49. The van der Waals surface area contributed by atoms with Crippen molar-refractivity contribution in [2.75, 3.05) is 16.8 Å². The lowest BCUT2D eigenvalue weighted by atomic mass is 10.0. The number of benzene rings is 1. The van der Waals surface area contributed by atoms with Gasteiger partial charge in [0.15, 0.2) is 0 Å². The number of halogens is 1. The molecule has 1 amide bonds. The van der Waals surface area contributed by atoms with Gasteiger partial charge in [0.25, 0.3) is 0 Å². The molecule has 0 aromatic heterocycles. The average molecular weight is 300 g/mol. The van der Waals surface area contributed by atoms with Crippen LogP contribution in [0.4, 0.5) is 5.69 Å². The molecule has 16 heavy (non-hydrogen) atoms. The Bertz CT molecular complexity index is 377. The first kappa shape index (κ1) is 12.0. The van der Waals surface area contributed by atoms with E-state index >= 15 is 0 Å². The van der Waals surface area contributed by atoms with E-state index in [0.29, 0.717) is 0 Å². The molecule has 1 fully saturated rings. The number of hydrogen-bond donors (Lipinski definition) is 1. The Kier molecular flexibility index (Phi) is 4.29. The molecule has 1 saturated heterocycles. The van der Waals surface area contributed by atoms with Gasteiger partial charge < -0.3 is 5.32 Å². The molecule has 1 N–H and O–H groups in total. The summed E-state index contributed by atoms with van der Waals surface area (Å²) in [6, 6.07) is 7.72. The summed E-state index contributed by atoms with van der Waals surface area (Å²) in [4.78, 5) is 11.9. The zero-order valence-electron chi connectivity index (χ0n) is 8.91. The maximum Gasteiger partial charge on any atom is 0.228 e. The fourth-order valence-electron chi connectivity index (χ4n) is 1.76. The largest absolute Gasteiger partial charge is 0.326 e. The van der Waals surface area contributed by atoms with Crippen molar-refractivity contribution in [3.8, 4) is 0 Å². The zero-order chi connectivity index (χ0) is 11.4. The van der Waals surface area contributed by atoms with Gasteiger partial charge >= 0.3 is 0 Å². The number of carbonyl (C=O) groups excluding carboxylic acids is 1. The van der Waals surface area contributed by atoms with Crippen LogP contribution in [0.3, 0.4) is 0 Å². The molecule has 86 valence electrons. The minimum atomic E-state index is 0.158. The van der Waals surface area contributed by atoms with Gasteiger partial charge in [-0.2, -0.15) is 11.8 Å². The van der Waals surface area contributed by atoms with Crippen molar-refractivity contribution in [1.29, 1.82) is 0 Å². The fraction of sp³-hybridized carbons (Fsp3) is 0.417. The Hall–Kier alpha value is -0.480. The van der Waals surface area contributed by atoms with E-state index in [2.05, 4.69) is 21.2 Å². The summed E-state index contributed by atoms with van der Waals surface area (Å²) in [5.41, 5.74) is 0.870. The first-order chi connectivity index (χ1) is 7.75. The molecule has 2 nitrogen and oxygen atoms in total. The normalized spacial score (nSPS) is 20.4. The molecule has 0 bridgehead atoms. The monoisotopic (exact) mass is 299 g/mol. The molecular formula is C12H14BrNOS. The summed E-state index contributed by atoms with van der Waals surface area (Å²) in [6.45, 7) is 0. The van der Waals surface area contributed by atoms with Gasteiger partial charge in [-0.1, -0.05) is 22.0 Å². The lowest BCUT2D eigenvalue weighted by Gasteiger charge is -2.20. The number of thioether (sulfide) groups is 1. The van der Waals surface area contributed by atoms with E-state index in [1.165, 1.54) is 5.75 Å². The average Bonchev–Trinajstić information content (AvgIpc) is 2.30. The summed E-state index contributed by atoms with van der Waals surface area (Å²) < 4.78 is 0.989. The number of rotatable bonds is 2. The Morgan fingerprint density at radius 1 is 1.50 bits per heavy atom. The zero-order valence-corrected chi connectivity index (χ0v) is 11.3. The van der Waals surface area contributed by atoms with Crippen molar-refractivity contribution in [3.63, 3.8) is 0 Å². The molecule has 2 rings (SSSR count). The minimum absolute atomic E-state index is 0.158. The van der Waals surface area contributed by atoms with Crippen molar-refractivity contribution in [2.45, 2.75) is 12.8 Å². The Labute approximate surface area is 108 Å². The summed E-state index contributed by atoms with van der Waals surface area (Å²) in [6.07, 6.45) is 2.17. The molecule has 0 spiro atoms. The topological polar surface area (TPSA) is 29.1 Å². The summed E-state index contributed by atoms with van der Waals surface area (Å²) in [7, 11) is 0. The Morgan fingerprint density at radius 2 is 2.38 bits per heavy atom. The third-order valence-electron chi connectivity index (χ3n) is 2.62. The first-order valence-electron chi connectivity index (χ1n) is 5.40. The fourth-order valence-corrected chi connectivity index (χ4v) is 3.30. The third kappa shape index (κ3) is 3.25. The number of carbonyl (C=O) groups is 1. The van der Waals surface area contributed by atoms with Crippen LogP contribution in [-0.4, -0.2) is 17.4 Å². The molecule has 1 heterocycles. The van der Waals surface area contributed by atoms with Gasteiger partial charge in [-0.15, -0.1) is 0 Å². The van der Waals surface area contributed by atoms with Crippen LogP contribution in [-0.2, 0) is 4.79 Å². The van der Waals surface area contributed by atoms with E-state index in [9.17, 15) is 4.79 Å². The number of amides is 1. The van der Waals surface area contributed by atoms with Gasteiger partial charge in [0.1, 0.15) is 0 Å². The second-order valence-corrected chi connectivity index (χ2v) is 5.98. The van der Waals surface area contributed by atoms with E-state index < -0.39 is 0 Å². The van der Waals surface area contributed by atoms with Gasteiger partial charge in [0.2, 0.25) is 5.91 Å². The lowest BCUT2D eigenvalue weighted by Crippen LogP contribution is -2.27. The SMILES string of the molecule is O=C(Nc1cccc(Br)c1)C1CCCSC1. The minimum Gasteiger partial charge on any atom is -0.326 e. The second-order valence-electron chi connectivity index (χ2n) is 3.91. The lowest BCUT2D eigenvalue weighted by molar-refractivity contribution is -0.119. The van der Waals surface area contributed by atoms with Gasteiger partial charge in [-0.25, -0.2) is 0 Å². The highest BCUT2D eigenvalue weighted by Gasteiger charge is 2.21. The Morgan fingerprint density at radius 3 is 3.06 bits per heavy atom. The van der Waals surface area contributed by atoms with Crippen molar-refractivity contribution in [2.24, 2.45) is 5.92 Å². The predicted molar refractivity (Wildman–Crippen MR) is 72.8 cm³/mol. The molecule has 1 atom stereocenters. The molecule has 1 unspecified atom stereocenters. The van der Waals surface area contributed by atoms with Crippen molar-refractivity contribution < 1.29 is 4.79 Å². The molecule has 0 saturated carbocycles. The van der Waals surface area contributed by atoms with Crippen LogP contribution in [0.15, 0.2) is 28.7 Å². The summed E-state index contributed by atoms with van der Waals surface area (Å²) >= 11 is 5.27. The molecule has 0 aliphatic carbocycles. The summed E-state index contributed by atoms with van der Waals surface area (Å²) in [5, 5.41) is 2.97. The highest BCUT2D eigenvalue weighted by Crippen LogP contribution is 2.24. The molecule has 4 heteroatoms. The Balaban J connectivity index is 1.96. The standard InChI is InChI=1S/C12H14BrNOS/c13-10-4-1-5-11(7-10)14-12(15)9-3-2-6-16-8-9/h1,4-5,7,9H,2-3,6,8H2,(H,14,15). The third-order valence-corrected chi connectivity index (χ3v) is 4.33. The van der Waals surface area contributed by atoms with Crippen molar-refractivity contribution in [1.82, 2.24) is 0 Å². The van der Waals surface area contributed by atoms with Crippen LogP contribution in [0.5, 0.6) is 0 Å². The van der Waals surface area contributed by atoms with Gasteiger partial charge in [-0.3, -0.25) is 4.79 Å². The van der Waals surface area contributed by atoms with E-state index in [4.69, 9.17) is 0 Å². The van der Waals surface area contributed by atoms with Crippen LogP contribution in [0.1, 0.15) is 12.8 Å². The quantitative estimate of drug-likeness (QED) is 0.905. The van der Waals surface area contributed by atoms with Crippen LogP contribution in [0, 0.1) is 5.92 Å². The van der Waals surface area contributed by atoms with Crippen molar-refractivity contribution >= 4 is 39.3 Å². The number of nitrogens with one attached hydrogen (secondary N) is 1. The van der Waals surface area contributed by atoms with Gasteiger partial charge in [-0.05, 0) is 36.8 Å². The smallest absolute Gasteiger partial charge is 0.228 e. The van der Waals surface area contributed by atoms with Crippen LogP contribution in [0.25, 0.3) is 0 Å². The number of hydrogen-bond acceptors (Lipinski definition) is 2. The van der Waals surface area contributed by atoms with Crippen LogP contribution in [0.2, 0.25) is 0 Å². The van der Waals surface area contributed by atoms with E-state index in [-0.39, 0.29) is 11.8 Å². The van der Waals surface area contributed by atoms with Crippen LogP contribution < -0.4 is 5.32 Å².